The normalized spacial score (nSPS) is 23.8. The minimum Gasteiger partial charge on any atom is -0.328 e. The van der Waals surface area contributed by atoms with E-state index < -0.39 is 0 Å². The Kier molecular flexibility index (Phi) is 5.20. The Balaban J connectivity index is 2.04. The summed E-state index contributed by atoms with van der Waals surface area (Å²) in [6, 6.07) is 5.93. The Morgan fingerprint density at radius 1 is 1.32 bits per heavy atom. The van der Waals surface area contributed by atoms with Gasteiger partial charge in [0.15, 0.2) is 0 Å². The predicted molar refractivity (Wildman–Crippen MR) is 77.7 cm³/mol. The summed E-state index contributed by atoms with van der Waals surface area (Å²) >= 11 is 6.03. The molecule has 1 aromatic rings. The van der Waals surface area contributed by atoms with Crippen molar-refractivity contribution in [1.29, 1.82) is 0 Å². The van der Waals surface area contributed by atoms with Crippen LogP contribution in [0.15, 0.2) is 18.2 Å². The van der Waals surface area contributed by atoms with E-state index in [9.17, 15) is 4.39 Å². The van der Waals surface area contributed by atoms with Gasteiger partial charge in [-0.2, -0.15) is 0 Å². The molecule has 4 heteroatoms. The molecular formula is C15H22ClFN2. The summed E-state index contributed by atoms with van der Waals surface area (Å²) in [6.45, 7) is 3.81. The molecule has 0 aromatic heterocycles. The maximum Gasteiger partial charge on any atom is 0.142 e. The molecule has 1 saturated carbocycles. The van der Waals surface area contributed by atoms with Crippen LogP contribution in [-0.4, -0.2) is 23.5 Å². The first-order chi connectivity index (χ1) is 9.11. The Hall–Kier alpha value is -0.640. The van der Waals surface area contributed by atoms with Crippen molar-refractivity contribution in [3.05, 3.63) is 34.6 Å². The molecule has 0 saturated heterocycles. The first kappa shape index (κ1) is 14.8. The van der Waals surface area contributed by atoms with E-state index in [1.807, 2.05) is 6.07 Å². The van der Waals surface area contributed by atoms with E-state index in [-0.39, 0.29) is 10.8 Å². The van der Waals surface area contributed by atoms with Gasteiger partial charge in [0.25, 0.3) is 0 Å². The fourth-order valence-corrected chi connectivity index (χ4v) is 3.04. The van der Waals surface area contributed by atoms with Crippen molar-refractivity contribution in [1.82, 2.24) is 4.90 Å². The lowest BCUT2D eigenvalue weighted by atomic mass is 9.90. The predicted octanol–water partition coefficient (Wildman–Crippen LogP) is 3.57. The minimum absolute atomic E-state index is 0.258. The molecule has 0 radical (unpaired) electrons. The molecule has 0 atom stereocenters. The zero-order valence-corrected chi connectivity index (χ0v) is 12.2. The number of nitrogens with zero attached hydrogens (tertiary/aromatic N) is 1. The third-order valence-corrected chi connectivity index (χ3v) is 4.49. The molecule has 1 fully saturated rings. The maximum absolute atomic E-state index is 13.5. The molecule has 0 spiro atoms. The van der Waals surface area contributed by atoms with Gasteiger partial charge in [0.2, 0.25) is 0 Å². The summed E-state index contributed by atoms with van der Waals surface area (Å²) in [5.74, 6) is -0.333. The van der Waals surface area contributed by atoms with Crippen LogP contribution in [0.25, 0.3) is 0 Å². The third-order valence-electron chi connectivity index (χ3n) is 4.07. The highest BCUT2D eigenvalue weighted by atomic mass is 35.5. The lowest BCUT2D eigenvalue weighted by Gasteiger charge is -2.35. The van der Waals surface area contributed by atoms with E-state index in [1.165, 1.54) is 6.07 Å². The number of nitrogens with two attached hydrogens (primary N) is 1. The highest BCUT2D eigenvalue weighted by molar-refractivity contribution is 6.31. The molecule has 1 aromatic carbocycles. The van der Waals surface area contributed by atoms with Gasteiger partial charge >= 0.3 is 0 Å². The lowest BCUT2D eigenvalue weighted by Crippen LogP contribution is -2.40. The van der Waals surface area contributed by atoms with Crippen LogP contribution < -0.4 is 5.73 Å². The molecule has 106 valence electrons. The quantitative estimate of drug-likeness (QED) is 0.916. The zero-order chi connectivity index (χ0) is 13.8. The molecule has 1 aliphatic carbocycles. The standard InChI is InChI=1S/C15H22ClFN2/c1-2-19(13-8-6-12(18)7-9-13)10-11-4-3-5-14(17)15(11)16/h3-5,12-13H,2,6-10,18H2,1H3. The summed E-state index contributed by atoms with van der Waals surface area (Å²) in [5.41, 5.74) is 6.82. The van der Waals surface area contributed by atoms with Crippen molar-refractivity contribution in [2.75, 3.05) is 6.54 Å². The Labute approximate surface area is 119 Å². The summed E-state index contributed by atoms with van der Waals surface area (Å²) in [7, 11) is 0. The summed E-state index contributed by atoms with van der Waals surface area (Å²) in [6.07, 6.45) is 4.42. The average Bonchev–Trinajstić information content (AvgIpc) is 2.42. The first-order valence-electron chi connectivity index (χ1n) is 7.04. The Bertz CT molecular complexity index is 417. The number of rotatable bonds is 4. The molecular weight excluding hydrogens is 263 g/mol. The SMILES string of the molecule is CCN(Cc1cccc(F)c1Cl)C1CCC(N)CC1. The smallest absolute Gasteiger partial charge is 0.142 e. The van der Waals surface area contributed by atoms with E-state index in [0.717, 1.165) is 37.8 Å². The first-order valence-corrected chi connectivity index (χ1v) is 7.42. The molecule has 0 bridgehead atoms. The molecule has 2 nitrogen and oxygen atoms in total. The van der Waals surface area contributed by atoms with E-state index in [2.05, 4.69) is 11.8 Å². The van der Waals surface area contributed by atoms with Crippen LogP contribution in [0.2, 0.25) is 5.02 Å². The van der Waals surface area contributed by atoms with E-state index in [1.54, 1.807) is 6.07 Å². The van der Waals surface area contributed by atoms with Gasteiger partial charge in [0.05, 0.1) is 5.02 Å². The molecule has 2 N–H and O–H groups in total. The summed E-state index contributed by atoms with van der Waals surface area (Å²) in [4.78, 5) is 2.38. The Morgan fingerprint density at radius 3 is 2.63 bits per heavy atom. The lowest BCUT2D eigenvalue weighted by molar-refractivity contribution is 0.149. The van der Waals surface area contributed by atoms with E-state index >= 15 is 0 Å². The minimum atomic E-state index is -0.333. The van der Waals surface area contributed by atoms with Gasteiger partial charge in [-0.25, -0.2) is 4.39 Å². The molecule has 0 heterocycles. The van der Waals surface area contributed by atoms with Crippen LogP contribution in [0.5, 0.6) is 0 Å². The van der Waals surface area contributed by atoms with Crippen LogP contribution in [-0.2, 0) is 6.54 Å². The fourth-order valence-electron chi connectivity index (χ4n) is 2.86. The molecule has 0 unspecified atom stereocenters. The van der Waals surface area contributed by atoms with Crippen LogP contribution in [0.1, 0.15) is 38.2 Å². The molecule has 2 rings (SSSR count). The topological polar surface area (TPSA) is 29.3 Å². The monoisotopic (exact) mass is 284 g/mol. The van der Waals surface area contributed by atoms with Crippen molar-refractivity contribution in [2.24, 2.45) is 5.73 Å². The summed E-state index contributed by atoms with van der Waals surface area (Å²) in [5, 5.41) is 0.258. The zero-order valence-electron chi connectivity index (χ0n) is 11.4. The Morgan fingerprint density at radius 2 is 2.00 bits per heavy atom. The van der Waals surface area contributed by atoms with Crippen LogP contribution >= 0.6 is 11.6 Å². The molecule has 1 aliphatic rings. The second kappa shape index (κ2) is 6.69. The van der Waals surface area contributed by atoms with Gasteiger partial charge in [-0.3, -0.25) is 4.90 Å². The second-order valence-corrected chi connectivity index (χ2v) is 5.72. The fraction of sp³-hybridized carbons (Fsp3) is 0.600. The number of hydrogen-bond donors (Lipinski definition) is 1. The average molecular weight is 285 g/mol. The second-order valence-electron chi connectivity index (χ2n) is 5.34. The number of benzene rings is 1. The highest BCUT2D eigenvalue weighted by Gasteiger charge is 2.24. The maximum atomic E-state index is 13.5. The van der Waals surface area contributed by atoms with Gasteiger partial charge < -0.3 is 5.73 Å². The van der Waals surface area contributed by atoms with Crippen LogP contribution in [0.3, 0.4) is 0 Å². The third kappa shape index (κ3) is 3.68. The van der Waals surface area contributed by atoms with Gasteiger partial charge in [-0.1, -0.05) is 30.7 Å². The molecule has 0 aliphatic heterocycles. The molecule has 0 amide bonds. The summed E-state index contributed by atoms with van der Waals surface area (Å²) < 4.78 is 13.5. The van der Waals surface area contributed by atoms with Gasteiger partial charge in [-0.05, 0) is 43.9 Å². The van der Waals surface area contributed by atoms with E-state index in [4.69, 9.17) is 17.3 Å². The van der Waals surface area contributed by atoms with Crippen LogP contribution in [0.4, 0.5) is 4.39 Å². The van der Waals surface area contributed by atoms with Crippen molar-refractivity contribution in [3.8, 4) is 0 Å². The highest BCUT2D eigenvalue weighted by Crippen LogP contribution is 2.26. The van der Waals surface area contributed by atoms with Crippen molar-refractivity contribution in [3.63, 3.8) is 0 Å². The van der Waals surface area contributed by atoms with Gasteiger partial charge in [0, 0.05) is 18.6 Å². The van der Waals surface area contributed by atoms with Crippen molar-refractivity contribution < 1.29 is 4.39 Å². The van der Waals surface area contributed by atoms with Crippen LogP contribution in [0, 0.1) is 5.82 Å². The van der Waals surface area contributed by atoms with Crippen molar-refractivity contribution in [2.45, 2.75) is 51.2 Å². The number of halogens is 2. The van der Waals surface area contributed by atoms with E-state index in [0.29, 0.717) is 18.6 Å². The molecule has 19 heavy (non-hydrogen) atoms. The number of hydrogen-bond acceptors (Lipinski definition) is 2. The van der Waals surface area contributed by atoms with Gasteiger partial charge in [0.1, 0.15) is 5.82 Å². The van der Waals surface area contributed by atoms with Gasteiger partial charge in [-0.15, -0.1) is 0 Å². The largest absolute Gasteiger partial charge is 0.328 e. The van der Waals surface area contributed by atoms with Crippen molar-refractivity contribution >= 4 is 11.6 Å².